The Morgan fingerprint density at radius 2 is 2.08 bits per heavy atom. The van der Waals surface area contributed by atoms with Gasteiger partial charge in [0.15, 0.2) is 5.43 Å². The number of fused-ring (bicyclic) bond motifs is 2. The fourth-order valence-corrected chi connectivity index (χ4v) is 3.00. The van der Waals surface area contributed by atoms with E-state index in [1.165, 1.54) is 18.2 Å². The number of hydrogen-bond donors (Lipinski definition) is 1. The molecule has 24 heavy (non-hydrogen) atoms. The molecule has 1 aliphatic carbocycles. The molecular formula is C19H13NO4. The number of aromatic nitrogens is 1. The average molecular weight is 319 g/mol. The van der Waals surface area contributed by atoms with Crippen LogP contribution >= 0.6 is 0 Å². The molecule has 5 heteroatoms. The van der Waals surface area contributed by atoms with Gasteiger partial charge in [-0.1, -0.05) is 6.07 Å². The van der Waals surface area contributed by atoms with Crippen molar-refractivity contribution in [3.05, 3.63) is 75.4 Å². The molecule has 118 valence electrons. The normalized spacial score (nSPS) is 14.9. The van der Waals surface area contributed by atoms with Crippen molar-refractivity contribution in [2.45, 2.75) is 12.8 Å². The van der Waals surface area contributed by atoms with Crippen LogP contribution in [-0.4, -0.2) is 16.1 Å². The molecule has 0 spiro atoms. The Kier molecular flexibility index (Phi) is 3.27. The minimum absolute atomic E-state index is 0.0806. The van der Waals surface area contributed by atoms with E-state index in [2.05, 4.69) is 4.98 Å². The highest BCUT2D eigenvalue weighted by atomic mass is 16.4. The fourth-order valence-electron chi connectivity index (χ4n) is 3.00. The average Bonchev–Trinajstić information content (AvgIpc) is 2.99. The summed E-state index contributed by atoms with van der Waals surface area (Å²) in [5.74, 6) is -0.478. The second-order valence-electron chi connectivity index (χ2n) is 5.68. The summed E-state index contributed by atoms with van der Waals surface area (Å²) < 4.78 is 5.92. The van der Waals surface area contributed by atoms with Gasteiger partial charge in [-0.2, -0.15) is 0 Å². The smallest absolute Gasteiger partial charge is 0.335 e. The van der Waals surface area contributed by atoms with Crippen LogP contribution in [0.25, 0.3) is 22.6 Å². The molecule has 0 atom stereocenters. The highest BCUT2D eigenvalue weighted by Gasteiger charge is 2.24. The first-order valence-electron chi connectivity index (χ1n) is 7.58. The van der Waals surface area contributed by atoms with Crippen LogP contribution in [0.4, 0.5) is 0 Å². The largest absolute Gasteiger partial charge is 0.478 e. The SMILES string of the molecule is O=C(O)c1ccc2oc3c(c(=O)c2c1)CC/C3=C\c1ccccn1. The van der Waals surface area contributed by atoms with Crippen LogP contribution in [-0.2, 0) is 6.42 Å². The highest BCUT2D eigenvalue weighted by Crippen LogP contribution is 2.33. The van der Waals surface area contributed by atoms with E-state index < -0.39 is 5.97 Å². The summed E-state index contributed by atoms with van der Waals surface area (Å²) in [6.45, 7) is 0. The minimum Gasteiger partial charge on any atom is -0.478 e. The van der Waals surface area contributed by atoms with Gasteiger partial charge in [0.2, 0.25) is 0 Å². The van der Waals surface area contributed by atoms with Gasteiger partial charge in [0.25, 0.3) is 0 Å². The molecule has 0 bridgehead atoms. The van der Waals surface area contributed by atoms with Crippen LogP contribution < -0.4 is 5.43 Å². The molecule has 2 heterocycles. The number of carbonyl (C=O) groups is 1. The lowest BCUT2D eigenvalue weighted by molar-refractivity contribution is 0.0697. The number of hydrogen-bond acceptors (Lipinski definition) is 4. The number of pyridine rings is 1. The summed E-state index contributed by atoms with van der Waals surface area (Å²) in [4.78, 5) is 28.1. The first-order valence-corrected chi connectivity index (χ1v) is 7.58. The Morgan fingerprint density at radius 1 is 1.21 bits per heavy atom. The molecule has 0 saturated carbocycles. The lowest BCUT2D eigenvalue weighted by Gasteiger charge is -2.04. The molecular weight excluding hydrogens is 306 g/mol. The molecule has 0 saturated heterocycles. The Labute approximate surface area is 136 Å². The van der Waals surface area contributed by atoms with Gasteiger partial charge in [-0.05, 0) is 54.8 Å². The first-order chi connectivity index (χ1) is 11.6. The predicted molar refractivity (Wildman–Crippen MR) is 89.9 cm³/mol. The number of aromatic carboxylic acids is 1. The molecule has 2 aromatic heterocycles. The second-order valence-corrected chi connectivity index (χ2v) is 5.68. The lowest BCUT2D eigenvalue weighted by Crippen LogP contribution is -2.09. The van der Waals surface area contributed by atoms with E-state index in [1.54, 1.807) is 6.20 Å². The van der Waals surface area contributed by atoms with Crippen molar-refractivity contribution in [1.82, 2.24) is 4.98 Å². The number of benzene rings is 1. The van der Waals surface area contributed by atoms with Crippen molar-refractivity contribution < 1.29 is 14.3 Å². The molecule has 0 aliphatic heterocycles. The van der Waals surface area contributed by atoms with Crippen LogP contribution in [0.3, 0.4) is 0 Å². The molecule has 1 aliphatic rings. The van der Waals surface area contributed by atoms with E-state index in [-0.39, 0.29) is 11.0 Å². The van der Waals surface area contributed by atoms with E-state index in [9.17, 15) is 9.59 Å². The topological polar surface area (TPSA) is 80.4 Å². The van der Waals surface area contributed by atoms with Crippen molar-refractivity contribution in [3.63, 3.8) is 0 Å². The van der Waals surface area contributed by atoms with Gasteiger partial charge in [0.05, 0.1) is 16.6 Å². The van der Waals surface area contributed by atoms with Crippen molar-refractivity contribution in [2.24, 2.45) is 0 Å². The van der Waals surface area contributed by atoms with Crippen LogP contribution in [0.1, 0.15) is 33.8 Å². The summed E-state index contributed by atoms with van der Waals surface area (Å²) in [5, 5.41) is 9.40. The van der Waals surface area contributed by atoms with Gasteiger partial charge >= 0.3 is 5.97 Å². The number of allylic oxidation sites excluding steroid dienone is 1. The first kappa shape index (κ1) is 14.4. The van der Waals surface area contributed by atoms with Gasteiger partial charge in [-0.25, -0.2) is 4.79 Å². The minimum atomic E-state index is -1.06. The van der Waals surface area contributed by atoms with Crippen LogP contribution in [0.5, 0.6) is 0 Å². The summed E-state index contributed by atoms with van der Waals surface area (Å²) in [7, 11) is 0. The summed E-state index contributed by atoms with van der Waals surface area (Å²) in [6.07, 6.45) is 4.93. The highest BCUT2D eigenvalue weighted by molar-refractivity contribution is 5.94. The van der Waals surface area contributed by atoms with Crippen molar-refractivity contribution in [2.75, 3.05) is 0 Å². The van der Waals surface area contributed by atoms with Crippen molar-refractivity contribution >= 4 is 28.6 Å². The summed E-state index contributed by atoms with van der Waals surface area (Å²) in [6, 6.07) is 10.00. The van der Waals surface area contributed by atoms with Crippen LogP contribution in [0, 0.1) is 0 Å². The monoisotopic (exact) mass is 319 g/mol. The van der Waals surface area contributed by atoms with Gasteiger partial charge in [-0.15, -0.1) is 0 Å². The van der Waals surface area contributed by atoms with Crippen molar-refractivity contribution in [1.29, 1.82) is 0 Å². The number of rotatable bonds is 2. The predicted octanol–water partition coefficient (Wildman–Crippen LogP) is 3.37. The standard InChI is InChI=1S/C19H13NO4/c21-17-14-6-4-11(9-13-3-1-2-8-20-13)18(14)24-16-7-5-12(19(22)23)10-15(16)17/h1-3,5,7-10H,4,6H2,(H,22,23)/b11-9+. The third kappa shape index (κ3) is 2.31. The summed E-state index contributed by atoms with van der Waals surface area (Å²) in [5.41, 5.74) is 2.68. The zero-order valence-electron chi connectivity index (χ0n) is 12.7. The van der Waals surface area contributed by atoms with Crippen molar-refractivity contribution in [3.8, 4) is 0 Å². The van der Waals surface area contributed by atoms with E-state index in [4.69, 9.17) is 9.52 Å². The number of carboxylic acids is 1. The second kappa shape index (κ2) is 5.45. The fraction of sp³-hybridized carbons (Fsp3) is 0.105. The van der Waals surface area contributed by atoms with E-state index in [1.807, 2.05) is 24.3 Å². The number of nitrogens with zero attached hydrogens (tertiary/aromatic N) is 1. The molecule has 3 aromatic rings. The summed E-state index contributed by atoms with van der Waals surface area (Å²) >= 11 is 0. The Balaban J connectivity index is 1.90. The van der Waals surface area contributed by atoms with E-state index in [0.717, 1.165) is 11.3 Å². The molecule has 0 radical (unpaired) electrons. The van der Waals surface area contributed by atoms with E-state index in [0.29, 0.717) is 35.1 Å². The van der Waals surface area contributed by atoms with Crippen LogP contribution in [0.2, 0.25) is 0 Å². The third-order valence-corrected chi connectivity index (χ3v) is 4.18. The lowest BCUT2D eigenvalue weighted by atomic mass is 10.1. The van der Waals surface area contributed by atoms with Gasteiger partial charge in [-0.3, -0.25) is 9.78 Å². The molecule has 0 amide bonds. The van der Waals surface area contributed by atoms with Gasteiger partial charge in [0.1, 0.15) is 11.3 Å². The zero-order valence-corrected chi connectivity index (χ0v) is 12.7. The molecule has 0 fully saturated rings. The zero-order chi connectivity index (χ0) is 16.7. The third-order valence-electron chi connectivity index (χ3n) is 4.18. The van der Waals surface area contributed by atoms with Gasteiger partial charge in [0, 0.05) is 11.8 Å². The quantitative estimate of drug-likeness (QED) is 0.783. The molecule has 1 N–H and O–H groups in total. The Bertz CT molecular complexity index is 1050. The van der Waals surface area contributed by atoms with Gasteiger partial charge < -0.3 is 9.52 Å². The Morgan fingerprint density at radius 3 is 2.83 bits per heavy atom. The molecule has 0 unspecified atom stereocenters. The Hall–Kier alpha value is -3.21. The molecule has 4 rings (SSSR count). The van der Waals surface area contributed by atoms with Crippen LogP contribution in [0.15, 0.2) is 51.8 Å². The molecule has 1 aromatic carbocycles. The van der Waals surface area contributed by atoms with E-state index >= 15 is 0 Å². The maximum atomic E-state index is 12.7. The number of carboxylic acid groups (broad SMARTS) is 1. The molecule has 5 nitrogen and oxygen atoms in total. The maximum Gasteiger partial charge on any atom is 0.335 e. The maximum absolute atomic E-state index is 12.7.